The number of unbranched alkanes of at least 4 members (excludes halogenated alkanes) is 2. The number of hydrogen-bond donors (Lipinski definition) is 0. The lowest BCUT2D eigenvalue weighted by molar-refractivity contribution is -0.137. The summed E-state index contributed by atoms with van der Waals surface area (Å²) in [5.41, 5.74) is 5.34. The summed E-state index contributed by atoms with van der Waals surface area (Å²) in [7, 11) is 0. The highest BCUT2D eigenvalue weighted by atomic mass is 16.5. The molecule has 3 heteroatoms. The van der Waals surface area contributed by atoms with E-state index in [2.05, 4.69) is 61.2 Å². The van der Waals surface area contributed by atoms with Gasteiger partial charge in [-0.3, -0.25) is 0 Å². The number of hydrogen-bond acceptors (Lipinski definition) is 3. The van der Waals surface area contributed by atoms with Crippen LogP contribution in [0.1, 0.15) is 42.4 Å². The zero-order chi connectivity index (χ0) is 18.9. The molecule has 2 aromatic carbocycles. The number of ether oxygens (including phenoxy) is 2. The SMILES string of the molecule is C=CC(=O)OCCCCCOc1ccc2c(c1)CCC(c1ccccc1)=C2. The van der Waals surface area contributed by atoms with Crippen molar-refractivity contribution in [1.82, 2.24) is 0 Å². The van der Waals surface area contributed by atoms with Gasteiger partial charge in [0.05, 0.1) is 13.2 Å². The second kappa shape index (κ2) is 9.77. The Morgan fingerprint density at radius 1 is 1.00 bits per heavy atom. The van der Waals surface area contributed by atoms with Gasteiger partial charge in [-0.15, -0.1) is 0 Å². The van der Waals surface area contributed by atoms with Crippen molar-refractivity contribution >= 4 is 17.6 Å². The van der Waals surface area contributed by atoms with Crippen molar-refractivity contribution in [2.24, 2.45) is 0 Å². The van der Waals surface area contributed by atoms with E-state index in [1.54, 1.807) is 0 Å². The molecule has 140 valence electrons. The predicted octanol–water partition coefficient (Wildman–Crippen LogP) is 5.45. The molecule has 0 saturated heterocycles. The van der Waals surface area contributed by atoms with Gasteiger partial charge in [-0.1, -0.05) is 49.1 Å². The molecule has 1 aliphatic carbocycles. The Morgan fingerprint density at radius 2 is 1.81 bits per heavy atom. The molecule has 0 aliphatic heterocycles. The molecule has 0 atom stereocenters. The molecule has 0 N–H and O–H groups in total. The van der Waals surface area contributed by atoms with Crippen molar-refractivity contribution in [3.05, 3.63) is 77.9 Å². The van der Waals surface area contributed by atoms with E-state index in [1.165, 1.54) is 28.3 Å². The molecule has 0 aromatic heterocycles. The van der Waals surface area contributed by atoms with Gasteiger partial charge in [0.25, 0.3) is 0 Å². The summed E-state index contributed by atoms with van der Waals surface area (Å²) in [4.78, 5) is 10.9. The maximum atomic E-state index is 10.9. The first-order valence-electron chi connectivity index (χ1n) is 9.57. The van der Waals surface area contributed by atoms with Crippen LogP contribution in [0.25, 0.3) is 11.6 Å². The van der Waals surface area contributed by atoms with E-state index in [0.29, 0.717) is 13.2 Å². The quantitative estimate of drug-likeness (QED) is 0.338. The predicted molar refractivity (Wildman–Crippen MR) is 110 cm³/mol. The Hall–Kier alpha value is -2.81. The lowest BCUT2D eigenvalue weighted by Gasteiger charge is -2.18. The molecular weight excluding hydrogens is 336 g/mol. The summed E-state index contributed by atoms with van der Waals surface area (Å²) in [6.07, 6.45) is 8.35. The Morgan fingerprint density at radius 3 is 2.63 bits per heavy atom. The van der Waals surface area contributed by atoms with Crippen LogP contribution in [0.3, 0.4) is 0 Å². The molecule has 0 spiro atoms. The molecule has 0 heterocycles. The summed E-state index contributed by atoms with van der Waals surface area (Å²) in [5.74, 6) is 0.577. The van der Waals surface area contributed by atoms with E-state index in [1.807, 2.05) is 0 Å². The van der Waals surface area contributed by atoms with Crippen molar-refractivity contribution in [3.63, 3.8) is 0 Å². The minimum atomic E-state index is -0.357. The largest absolute Gasteiger partial charge is 0.494 e. The van der Waals surface area contributed by atoms with Crippen LogP contribution in [0.5, 0.6) is 5.75 Å². The maximum Gasteiger partial charge on any atom is 0.330 e. The minimum absolute atomic E-state index is 0.357. The third-order valence-electron chi connectivity index (χ3n) is 4.72. The Bertz CT molecular complexity index is 806. The molecule has 0 unspecified atom stereocenters. The smallest absolute Gasteiger partial charge is 0.330 e. The maximum absolute atomic E-state index is 10.9. The summed E-state index contributed by atoms with van der Waals surface area (Å²) >= 11 is 0. The number of carbonyl (C=O) groups is 1. The van der Waals surface area contributed by atoms with E-state index in [9.17, 15) is 4.79 Å². The van der Waals surface area contributed by atoms with E-state index < -0.39 is 0 Å². The van der Waals surface area contributed by atoms with Crippen molar-refractivity contribution < 1.29 is 14.3 Å². The van der Waals surface area contributed by atoms with Crippen LogP contribution >= 0.6 is 0 Å². The molecule has 0 radical (unpaired) electrons. The van der Waals surface area contributed by atoms with Crippen LogP contribution in [0, 0.1) is 0 Å². The standard InChI is InChI=1S/C24H26O3/c1-2-24(25)27-16-8-4-7-15-26-23-14-13-21-17-20(11-12-22(21)18-23)19-9-5-3-6-10-19/h2-3,5-6,9-10,13-14,17-18H,1,4,7-8,11-12,15-16H2. The first-order valence-corrected chi connectivity index (χ1v) is 9.57. The van der Waals surface area contributed by atoms with Gasteiger partial charge in [-0.05, 0) is 66.5 Å². The van der Waals surface area contributed by atoms with Gasteiger partial charge in [0.15, 0.2) is 0 Å². The van der Waals surface area contributed by atoms with E-state index in [-0.39, 0.29) is 5.97 Å². The average Bonchev–Trinajstić information content (AvgIpc) is 2.73. The monoisotopic (exact) mass is 362 g/mol. The van der Waals surface area contributed by atoms with Gasteiger partial charge >= 0.3 is 5.97 Å². The number of benzene rings is 2. The van der Waals surface area contributed by atoms with Gasteiger partial charge in [0, 0.05) is 6.08 Å². The summed E-state index contributed by atoms with van der Waals surface area (Å²) in [6, 6.07) is 17.0. The highest BCUT2D eigenvalue weighted by Gasteiger charge is 2.12. The van der Waals surface area contributed by atoms with Crippen molar-refractivity contribution in [1.29, 1.82) is 0 Å². The molecule has 1 aliphatic rings. The molecule has 3 nitrogen and oxygen atoms in total. The molecule has 2 aromatic rings. The van der Waals surface area contributed by atoms with Crippen LogP contribution in [0.4, 0.5) is 0 Å². The molecular formula is C24H26O3. The normalized spacial score (nSPS) is 12.7. The Kier molecular flexibility index (Phi) is 6.86. The first-order chi connectivity index (χ1) is 13.3. The summed E-state index contributed by atoms with van der Waals surface area (Å²) in [6.45, 7) is 4.50. The van der Waals surface area contributed by atoms with Crippen LogP contribution in [0.2, 0.25) is 0 Å². The number of fused-ring (bicyclic) bond motifs is 1. The molecule has 27 heavy (non-hydrogen) atoms. The van der Waals surface area contributed by atoms with Gasteiger partial charge < -0.3 is 9.47 Å². The summed E-state index contributed by atoms with van der Waals surface area (Å²) in [5, 5.41) is 0. The zero-order valence-corrected chi connectivity index (χ0v) is 15.7. The summed E-state index contributed by atoms with van der Waals surface area (Å²) < 4.78 is 10.8. The fourth-order valence-electron chi connectivity index (χ4n) is 3.24. The Balaban J connectivity index is 1.46. The third-order valence-corrected chi connectivity index (χ3v) is 4.72. The fraction of sp³-hybridized carbons (Fsp3) is 0.292. The van der Waals surface area contributed by atoms with Crippen LogP contribution in [0.15, 0.2) is 61.2 Å². The number of allylic oxidation sites excluding steroid dienone is 1. The van der Waals surface area contributed by atoms with Gasteiger partial charge in [-0.2, -0.15) is 0 Å². The highest BCUT2D eigenvalue weighted by Crippen LogP contribution is 2.32. The van der Waals surface area contributed by atoms with Crippen molar-refractivity contribution in [2.45, 2.75) is 32.1 Å². The molecule has 0 amide bonds. The van der Waals surface area contributed by atoms with Gasteiger partial charge in [-0.25, -0.2) is 4.79 Å². The van der Waals surface area contributed by atoms with E-state index >= 15 is 0 Å². The second-order valence-corrected chi connectivity index (χ2v) is 6.68. The van der Waals surface area contributed by atoms with Crippen LogP contribution in [-0.4, -0.2) is 19.2 Å². The minimum Gasteiger partial charge on any atom is -0.494 e. The number of rotatable bonds is 9. The van der Waals surface area contributed by atoms with Gasteiger partial charge in [0.2, 0.25) is 0 Å². The zero-order valence-electron chi connectivity index (χ0n) is 15.7. The molecule has 0 fully saturated rings. The van der Waals surface area contributed by atoms with Crippen LogP contribution < -0.4 is 4.74 Å². The number of aryl methyl sites for hydroxylation is 1. The first kappa shape index (κ1) is 19.0. The van der Waals surface area contributed by atoms with E-state index in [4.69, 9.17) is 9.47 Å². The van der Waals surface area contributed by atoms with Crippen molar-refractivity contribution in [2.75, 3.05) is 13.2 Å². The van der Waals surface area contributed by atoms with Crippen molar-refractivity contribution in [3.8, 4) is 5.75 Å². The lowest BCUT2D eigenvalue weighted by atomic mass is 9.88. The lowest BCUT2D eigenvalue weighted by Crippen LogP contribution is -2.04. The topological polar surface area (TPSA) is 35.5 Å². The Labute approximate surface area is 161 Å². The number of carbonyl (C=O) groups excluding carboxylic acids is 1. The molecule has 0 bridgehead atoms. The third kappa shape index (κ3) is 5.58. The number of esters is 1. The van der Waals surface area contributed by atoms with Crippen LogP contribution in [-0.2, 0) is 16.0 Å². The average molecular weight is 362 g/mol. The molecule has 3 rings (SSSR count). The van der Waals surface area contributed by atoms with E-state index in [0.717, 1.165) is 37.9 Å². The fourth-order valence-corrected chi connectivity index (χ4v) is 3.24. The molecule has 0 saturated carbocycles. The van der Waals surface area contributed by atoms with Gasteiger partial charge in [0.1, 0.15) is 5.75 Å². The second-order valence-electron chi connectivity index (χ2n) is 6.68. The highest BCUT2D eigenvalue weighted by molar-refractivity contribution is 5.84.